The topological polar surface area (TPSA) is 60.9 Å². The number of nitrogens with zero attached hydrogens (tertiary/aromatic N) is 4. The maximum absolute atomic E-state index is 15.7. The van der Waals surface area contributed by atoms with Gasteiger partial charge in [-0.15, -0.1) is 0 Å². The molecule has 0 aliphatic carbocycles. The van der Waals surface area contributed by atoms with Crippen molar-refractivity contribution in [1.82, 2.24) is 9.88 Å². The summed E-state index contributed by atoms with van der Waals surface area (Å²) in [5.74, 6) is -2.06. The first kappa shape index (κ1) is 30.7. The van der Waals surface area contributed by atoms with Crippen LogP contribution in [-0.2, 0) is 10.9 Å². The number of morpholine rings is 1. The average Bonchev–Trinajstić information content (AvgIpc) is 2.94. The zero-order valence-corrected chi connectivity index (χ0v) is 24.4. The predicted molar refractivity (Wildman–Crippen MR) is 156 cm³/mol. The van der Waals surface area contributed by atoms with Gasteiger partial charge in [-0.3, -0.25) is 4.79 Å². The molecule has 2 aliphatic rings. The summed E-state index contributed by atoms with van der Waals surface area (Å²) in [5.41, 5.74) is -1.10. The van der Waals surface area contributed by atoms with Crippen molar-refractivity contribution >= 4 is 23.1 Å². The van der Waals surface area contributed by atoms with Crippen molar-refractivity contribution in [2.45, 2.75) is 45.2 Å². The molecule has 2 aliphatic heterocycles. The number of amides is 1. The highest BCUT2D eigenvalue weighted by molar-refractivity contribution is 6.07. The first-order valence-corrected chi connectivity index (χ1v) is 14.1. The third-order valence-corrected chi connectivity index (χ3v) is 7.97. The predicted octanol–water partition coefficient (Wildman–Crippen LogP) is 6.05. The summed E-state index contributed by atoms with van der Waals surface area (Å²) < 4.78 is 76.3. The molecule has 3 aromatic rings. The average molecular weight is 604 g/mol. The number of carbonyl (C=O) groups excluding carboxylic acids is 1. The summed E-state index contributed by atoms with van der Waals surface area (Å²) in [6.07, 6.45) is -3.37. The highest BCUT2D eigenvalue weighted by Gasteiger charge is 2.36. The number of alkyl halides is 3. The van der Waals surface area contributed by atoms with Crippen LogP contribution in [0.15, 0.2) is 48.7 Å². The third kappa shape index (κ3) is 6.75. The minimum atomic E-state index is -4.96. The highest BCUT2D eigenvalue weighted by atomic mass is 19.4. The van der Waals surface area contributed by atoms with Gasteiger partial charge in [0.25, 0.3) is 5.91 Å². The van der Waals surface area contributed by atoms with Gasteiger partial charge in [0.2, 0.25) is 0 Å². The monoisotopic (exact) mass is 603 g/mol. The molecular weight excluding hydrogens is 569 g/mol. The van der Waals surface area contributed by atoms with Crippen LogP contribution in [0.4, 0.5) is 39.1 Å². The molecule has 0 radical (unpaired) electrons. The molecule has 0 spiro atoms. The summed E-state index contributed by atoms with van der Waals surface area (Å²) in [7, 11) is 1.97. The van der Waals surface area contributed by atoms with Crippen LogP contribution in [-0.4, -0.2) is 73.8 Å². The summed E-state index contributed by atoms with van der Waals surface area (Å²) in [4.78, 5) is 23.9. The zero-order chi connectivity index (χ0) is 31.1. The van der Waals surface area contributed by atoms with E-state index in [9.17, 15) is 22.4 Å². The number of likely N-dealkylation sites (N-methyl/N-ethyl adjacent to an activating group) is 1. The second kappa shape index (κ2) is 12.1. The number of anilines is 3. The Bertz CT molecular complexity index is 1470. The Balaban J connectivity index is 1.52. The first-order chi connectivity index (χ1) is 20.3. The maximum atomic E-state index is 15.7. The fourth-order valence-corrected chi connectivity index (χ4v) is 5.65. The van der Waals surface area contributed by atoms with E-state index in [0.29, 0.717) is 49.8 Å². The molecule has 1 N–H and O–H groups in total. The third-order valence-electron chi connectivity index (χ3n) is 7.97. The minimum absolute atomic E-state index is 0.0256. The van der Waals surface area contributed by atoms with Crippen LogP contribution < -0.4 is 15.1 Å². The van der Waals surface area contributed by atoms with Crippen molar-refractivity contribution in [3.63, 3.8) is 0 Å². The lowest BCUT2D eigenvalue weighted by molar-refractivity contribution is -0.138. The molecule has 2 saturated heterocycles. The molecule has 3 heterocycles. The van der Waals surface area contributed by atoms with E-state index >= 15 is 4.39 Å². The number of rotatable bonds is 5. The molecular formula is C31H34F5N5O2. The van der Waals surface area contributed by atoms with E-state index in [1.807, 2.05) is 32.7 Å². The number of nitrogens with one attached hydrogen (secondary N) is 1. The van der Waals surface area contributed by atoms with Gasteiger partial charge in [0.15, 0.2) is 0 Å². The first-order valence-electron chi connectivity index (χ1n) is 14.1. The Hall–Kier alpha value is -3.77. The highest BCUT2D eigenvalue weighted by Crippen LogP contribution is 2.37. The zero-order valence-electron chi connectivity index (χ0n) is 24.4. The van der Waals surface area contributed by atoms with Crippen LogP contribution in [0.5, 0.6) is 0 Å². The van der Waals surface area contributed by atoms with E-state index in [0.717, 1.165) is 12.1 Å². The van der Waals surface area contributed by atoms with Crippen LogP contribution >= 0.6 is 0 Å². The molecule has 1 amide bonds. The molecule has 2 aromatic carbocycles. The van der Waals surface area contributed by atoms with Crippen molar-refractivity contribution in [3.05, 3.63) is 71.4 Å². The molecule has 2 unspecified atom stereocenters. The van der Waals surface area contributed by atoms with E-state index in [2.05, 4.69) is 20.1 Å². The fraction of sp³-hybridized carbons (Fsp3) is 0.419. The summed E-state index contributed by atoms with van der Waals surface area (Å²) in [5, 5.41) is 2.57. The van der Waals surface area contributed by atoms with Crippen LogP contribution in [0.1, 0.15) is 36.7 Å². The SMILES string of the molecule is CC1CN(c2ccc(-c3cc(NC(=O)c4ccc(F)cc4C(F)(F)F)c(N4CCN(C)[C@H](C)C4)cc3F)cn2)CC(C)O1. The molecule has 230 valence electrons. The lowest BCUT2D eigenvalue weighted by Gasteiger charge is -2.39. The number of hydrogen-bond donors (Lipinski definition) is 1. The lowest BCUT2D eigenvalue weighted by Crippen LogP contribution is -2.50. The fourth-order valence-electron chi connectivity index (χ4n) is 5.65. The second-order valence-electron chi connectivity index (χ2n) is 11.3. The number of piperazine rings is 1. The molecule has 5 rings (SSSR count). The van der Waals surface area contributed by atoms with Gasteiger partial charge in [0.05, 0.1) is 34.7 Å². The van der Waals surface area contributed by atoms with Gasteiger partial charge in [-0.2, -0.15) is 13.2 Å². The minimum Gasteiger partial charge on any atom is -0.372 e. The Morgan fingerprint density at radius 2 is 1.67 bits per heavy atom. The molecule has 12 heteroatoms. The van der Waals surface area contributed by atoms with Crippen LogP contribution in [0.25, 0.3) is 11.1 Å². The number of benzene rings is 2. The molecule has 0 bridgehead atoms. The largest absolute Gasteiger partial charge is 0.417 e. The van der Waals surface area contributed by atoms with E-state index in [1.54, 1.807) is 12.1 Å². The van der Waals surface area contributed by atoms with Crippen molar-refractivity contribution in [2.24, 2.45) is 0 Å². The van der Waals surface area contributed by atoms with Gasteiger partial charge in [0, 0.05) is 56.1 Å². The molecule has 43 heavy (non-hydrogen) atoms. The number of hydrogen-bond acceptors (Lipinski definition) is 6. The molecule has 2 fully saturated rings. The van der Waals surface area contributed by atoms with E-state index in [1.165, 1.54) is 18.3 Å². The Morgan fingerprint density at radius 3 is 2.30 bits per heavy atom. The van der Waals surface area contributed by atoms with Gasteiger partial charge in [-0.25, -0.2) is 13.8 Å². The normalized spacial score (nSPS) is 21.7. The van der Waals surface area contributed by atoms with Gasteiger partial charge >= 0.3 is 6.18 Å². The second-order valence-corrected chi connectivity index (χ2v) is 11.3. The molecule has 1 aromatic heterocycles. The van der Waals surface area contributed by atoms with Crippen molar-refractivity contribution < 1.29 is 31.5 Å². The quantitative estimate of drug-likeness (QED) is 0.359. The van der Waals surface area contributed by atoms with Crippen molar-refractivity contribution in [3.8, 4) is 11.1 Å². The van der Waals surface area contributed by atoms with Gasteiger partial charge < -0.3 is 24.8 Å². The molecule has 0 saturated carbocycles. The van der Waals surface area contributed by atoms with Crippen LogP contribution in [0.3, 0.4) is 0 Å². The number of carbonyl (C=O) groups is 1. The smallest absolute Gasteiger partial charge is 0.372 e. The lowest BCUT2D eigenvalue weighted by atomic mass is 10.0. The summed E-state index contributed by atoms with van der Waals surface area (Å²) in [6.45, 7) is 8.97. The number of pyridine rings is 1. The van der Waals surface area contributed by atoms with E-state index in [-0.39, 0.29) is 35.6 Å². The van der Waals surface area contributed by atoms with Crippen molar-refractivity contribution in [1.29, 1.82) is 0 Å². The van der Waals surface area contributed by atoms with Crippen LogP contribution in [0, 0.1) is 11.6 Å². The maximum Gasteiger partial charge on any atom is 0.417 e. The Morgan fingerprint density at radius 1 is 0.953 bits per heavy atom. The van der Waals surface area contributed by atoms with Gasteiger partial charge in [-0.05, 0) is 70.3 Å². The summed E-state index contributed by atoms with van der Waals surface area (Å²) >= 11 is 0. The number of aromatic nitrogens is 1. The molecule has 7 nitrogen and oxygen atoms in total. The van der Waals surface area contributed by atoms with E-state index < -0.39 is 34.8 Å². The number of ether oxygens (including phenoxy) is 1. The molecule has 3 atom stereocenters. The Kier molecular flexibility index (Phi) is 8.62. The van der Waals surface area contributed by atoms with Gasteiger partial charge in [-0.1, -0.05) is 0 Å². The van der Waals surface area contributed by atoms with Crippen LogP contribution in [0.2, 0.25) is 0 Å². The van der Waals surface area contributed by atoms with Crippen molar-refractivity contribution in [2.75, 3.05) is 54.9 Å². The number of halogens is 5. The van der Waals surface area contributed by atoms with Gasteiger partial charge in [0.1, 0.15) is 17.5 Å². The Labute approximate surface area is 247 Å². The van der Waals surface area contributed by atoms with E-state index in [4.69, 9.17) is 4.74 Å². The standard InChI is InChI=1S/C31H34F5N5O2/c1-18-15-40(10-9-39(18)4)28-13-26(33)24(21-5-8-29(37-14-21)41-16-19(2)43-20(3)17-41)12-27(28)38-30(42)23-7-6-22(32)11-25(23)31(34,35)36/h5-8,11-14,18-20H,9-10,15-17H2,1-4H3,(H,38,42)/t18-,19?,20?/m1/s1. The summed E-state index contributed by atoms with van der Waals surface area (Å²) in [6, 6.07) is 8.19.